The number of aliphatic carboxylic acids is 3. The second kappa shape index (κ2) is 15.4. The van der Waals surface area contributed by atoms with Crippen molar-refractivity contribution < 1.29 is 29.7 Å². The van der Waals surface area contributed by atoms with Crippen molar-refractivity contribution in [2.45, 2.75) is 57.8 Å². The molecule has 0 aromatic heterocycles. The van der Waals surface area contributed by atoms with Gasteiger partial charge in [0.2, 0.25) is 0 Å². The van der Waals surface area contributed by atoms with E-state index in [1.165, 1.54) is 0 Å². The number of nitrogens with two attached hydrogens (primary N) is 1. The van der Waals surface area contributed by atoms with Crippen LogP contribution in [0.5, 0.6) is 0 Å². The Hall–Kier alpha value is -1.63. The van der Waals surface area contributed by atoms with E-state index >= 15 is 0 Å². The predicted octanol–water partition coefficient (Wildman–Crippen LogP) is 1.70. The van der Waals surface area contributed by atoms with Crippen LogP contribution in [0.15, 0.2) is 0 Å². The van der Waals surface area contributed by atoms with Gasteiger partial charge >= 0.3 is 17.9 Å². The molecule has 0 heterocycles. The zero-order valence-corrected chi connectivity index (χ0v) is 11.7. The van der Waals surface area contributed by atoms with E-state index in [4.69, 9.17) is 21.1 Å². The van der Waals surface area contributed by atoms with Crippen molar-refractivity contribution in [3.8, 4) is 0 Å². The highest BCUT2D eigenvalue weighted by atomic mass is 16.4. The second-order valence-corrected chi connectivity index (χ2v) is 4.34. The molecule has 0 radical (unpaired) electrons. The number of carboxylic acids is 3. The third-order valence-electron chi connectivity index (χ3n) is 2.39. The van der Waals surface area contributed by atoms with Crippen LogP contribution >= 0.6 is 0 Å². The van der Waals surface area contributed by atoms with Crippen LogP contribution in [0.25, 0.3) is 0 Å². The van der Waals surface area contributed by atoms with Crippen molar-refractivity contribution in [1.82, 2.24) is 0 Å². The first kappa shape index (κ1) is 20.7. The number of rotatable bonds is 11. The average molecular weight is 291 g/mol. The Balaban J connectivity index is 0. The molecule has 0 amide bonds. The van der Waals surface area contributed by atoms with Crippen molar-refractivity contribution in [3.63, 3.8) is 0 Å². The highest BCUT2D eigenvalue weighted by Crippen LogP contribution is 2.08. The van der Waals surface area contributed by atoms with E-state index in [0.717, 1.165) is 38.5 Å². The highest BCUT2D eigenvalue weighted by Gasteiger charge is 1.98. The lowest BCUT2D eigenvalue weighted by molar-refractivity contribution is -0.138. The molecule has 0 bridgehead atoms. The van der Waals surface area contributed by atoms with Crippen molar-refractivity contribution in [2.75, 3.05) is 6.54 Å². The topological polar surface area (TPSA) is 138 Å². The van der Waals surface area contributed by atoms with Gasteiger partial charge in [-0.25, -0.2) is 0 Å². The van der Waals surface area contributed by atoms with Gasteiger partial charge in [0.25, 0.3) is 0 Å². The van der Waals surface area contributed by atoms with Gasteiger partial charge in [-0.1, -0.05) is 25.7 Å². The lowest BCUT2D eigenvalue weighted by Gasteiger charge is -1.98. The highest BCUT2D eigenvalue weighted by molar-refractivity contribution is 5.67. The van der Waals surface area contributed by atoms with Crippen LogP contribution in [0.3, 0.4) is 0 Å². The quantitative estimate of drug-likeness (QED) is 0.425. The smallest absolute Gasteiger partial charge is 0.304 e. The van der Waals surface area contributed by atoms with Gasteiger partial charge < -0.3 is 21.1 Å². The van der Waals surface area contributed by atoms with Crippen LogP contribution in [0.2, 0.25) is 0 Å². The molecule has 0 aromatic carbocycles. The third-order valence-corrected chi connectivity index (χ3v) is 2.39. The number of hydrogen-bond acceptors (Lipinski definition) is 4. The molecule has 0 unspecified atom stereocenters. The van der Waals surface area contributed by atoms with Crippen LogP contribution in [-0.2, 0) is 14.4 Å². The van der Waals surface area contributed by atoms with E-state index in [1.807, 2.05) is 0 Å². The molecule has 0 spiro atoms. The molecule has 7 heteroatoms. The number of carbonyl (C=O) groups is 3. The summed E-state index contributed by atoms with van der Waals surface area (Å²) < 4.78 is 0. The molecule has 0 aliphatic carbocycles. The third kappa shape index (κ3) is 25.3. The first-order valence-corrected chi connectivity index (χ1v) is 6.75. The molecule has 0 aliphatic heterocycles. The first-order chi connectivity index (χ1) is 9.40. The lowest BCUT2D eigenvalue weighted by Crippen LogP contribution is -2.05. The fourth-order valence-electron chi connectivity index (χ4n) is 1.38. The number of carboxylic acid groups (broad SMARTS) is 3. The fraction of sp³-hybridized carbons (Fsp3) is 0.769. The van der Waals surface area contributed by atoms with E-state index in [0.29, 0.717) is 0 Å². The van der Waals surface area contributed by atoms with Crippen LogP contribution in [-0.4, -0.2) is 39.8 Å². The summed E-state index contributed by atoms with van der Waals surface area (Å²) in [5.74, 6) is -2.32. The minimum absolute atomic E-state index is 0.0694. The molecule has 0 saturated heterocycles. The van der Waals surface area contributed by atoms with Gasteiger partial charge in [0.05, 0.1) is 6.42 Å². The molecule has 0 rings (SSSR count). The van der Waals surface area contributed by atoms with Gasteiger partial charge in [-0.05, 0) is 12.8 Å². The molecule has 20 heavy (non-hydrogen) atoms. The van der Waals surface area contributed by atoms with Gasteiger partial charge in [0, 0.05) is 19.4 Å². The van der Waals surface area contributed by atoms with Crippen LogP contribution < -0.4 is 5.73 Å². The SMILES string of the molecule is NCCC(=O)O.O=C(O)CCCCCCCCC(=O)O. The predicted molar refractivity (Wildman–Crippen MR) is 73.5 cm³/mol. The minimum Gasteiger partial charge on any atom is -0.481 e. The Morgan fingerprint density at radius 2 is 0.900 bits per heavy atom. The van der Waals surface area contributed by atoms with Gasteiger partial charge in [-0.15, -0.1) is 0 Å². The zero-order valence-electron chi connectivity index (χ0n) is 11.7. The maximum Gasteiger partial charge on any atom is 0.304 e. The van der Waals surface area contributed by atoms with Gasteiger partial charge in [0.1, 0.15) is 0 Å². The van der Waals surface area contributed by atoms with Crippen LogP contribution in [0.1, 0.15) is 57.8 Å². The fourth-order valence-corrected chi connectivity index (χ4v) is 1.38. The molecule has 0 atom stereocenters. The molecular formula is C13H25NO6. The molecule has 0 aromatic rings. The standard InChI is InChI=1S/C10H18O4.C3H7NO2/c11-9(12)7-5-3-1-2-4-6-8-10(13)14;4-2-1-3(5)6/h1-8H2,(H,11,12)(H,13,14);1-2,4H2,(H,5,6). The number of hydrogen-bond donors (Lipinski definition) is 4. The lowest BCUT2D eigenvalue weighted by atomic mass is 10.1. The van der Waals surface area contributed by atoms with Gasteiger partial charge in [-0.3, -0.25) is 14.4 Å². The van der Waals surface area contributed by atoms with Crippen molar-refractivity contribution >= 4 is 17.9 Å². The summed E-state index contributed by atoms with van der Waals surface area (Å²) in [6.45, 7) is 0.231. The maximum absolute atomic E-state index is 10.1. The summed E-state index contributed by atoms with van der Waals surface area (Å²) in [5, 5.41) is 24.5. The molecule has 7 nitrogen and oxygen atoms in total. The largest absolute Gasteiger partial charge is 0.481 e. The monoisotopic (exact) mass is 291 g/mol. The molecule has 5 N–H and O–H groups in total. The molecule has 0 aliphatic rings. The maximum atomic E-state index is 10.1. The average Bonchev–Trinajstić information content (AvgIpc) is 2.32. The molecule has 118 valence electrons. The Morgan fingerprint density at radius 3 is 1.10 bits per heavy atom. The normalized spacial score (nSPS) is 9.45. The van der Waals surface area contributed by atoms with Gasteiger partial charge in [-0.2, -0.15) is 0 Å². The summed E-state index contributed by atoms with van der Waals surface area (Å²) in [6.07, 6.45) is 5.89. The van der Waals surface area contributed by atoms with Crippen LogP contribution in [0.4, 0.5) is 0 Å². The summed E-state index contributed by atoms with van der Waals surface area (Å²) in [5.41, 5.74) is 4.85. The van der Waals surface area contributed by atoms with E-state index < -0.39 is 17.9 Å². The Bertz CT molecular complexity index is 260. The second-order valence-electron chi connectivity index (χ2n) is 4.34. The van der Waals surface area contributed by atoms with Crippen molar-refractivity contribution in [3.05, 3.63) is 0 Å². The van der Waals surface area contributed by atoms with E-state index in [2.05, 4.69) is 0 Å². The summed E-state index contributed by atoms with van der Waals surface area (Å²) in [4.78, 5) is 29.8. The van der Waals surface area contributed by atoms with E-state index in [1.54, 1.807) is 0 Å². The van der Waals surface area contributed by atoms with Crippen molar-refractivity contribution in [1.29, 1.82) is 0 Å². The summed E-state index contributed by atoms with van der Waals surface area (Å²) >= 11 is 0. The first-order valence-electron chi connectivity index (χ1n) is 6.75. The van der Waals surface area contributed by atoms with E-state index in [9.17, 15) is 14.4 Å². The van der Waals surface area contributed by atoms with Gasteiger partial charge in [0.15, 0.2) is 0 Å². The Kier molecular flexibility index (Phi) is 16.0. The zero-order chi connectivity index (χ0) is 15.8. The van der Waals surface area contributed by atoms with Crippen molar-refractivity contribution in [2.24, 2.45) is 5.73 Å². The molecule has 0 saturated carbocycles. The minimum atomic E-state index is -0.836. The van der Waals surface area contributed by atoms with E-state index in [-0.39, 0.29) is 25.8 Å². The summed E-state index contributed by atoms with van der Waals surface area (Å²) in [6, 6.07) is 0. The summed E-state index contributed by atoms with van der Waals surface area (Å²) in [7, 11) is 0. The van der Waals surface area contributed by atoms with Crippen LogP contribution in [0, 0.1) is 0 Å². The Morgan fingerprint density at radius 1 is 0.600 bits per heavy atom. The molecule has 0 fully saturated rings. The molecular weight excluding hydrogens is 266 g/mol. The number of unbranched alkanes of at least 4 members (excludes halogenated alkanes) is 5. The Labute approximate surface area is 118 Å².